The average molecular weight is 349 g/mol. The molecule has 2 aromatic rings. The van der Waals surface area contributed by atoms with Crippen molar-refractivity contribution in [1.82, 2.24) is 9.88 Å². The van der Waals surface area contributed by atoms with Crippen molar-refractivity contribution >= 4 is 15.9 Å². The van der Waals surface area contributed by atoms with Crippen molar-refractivity contribution in [2.24, 2.45) is 0 Å². The predicted molar refractivity (Wildman–Crippen MR) is 89.2 cm³/mol. The van der Waals surface area contributed by atoms with Gasteiger partial charge >= 0.3 is 0 Å². The molecule has 0 spiro atoms. The van der Waals surface area contributed by atoms with E-state index >= 15 is 0 Å². The molecular weight excluding hydrogens is 328 g/mol. The molecule has 4 heteroatoms. The number of likely N-dealkylation sites (N-methyl/N-ethyl adjacent to an activating group) is 1. The molecule has 0 saturated heterocycles. The fourth-order valence-corrected chi connectivity index (χ4v) is 2.76. The highest BCUT2D eigenvalue weighted by Crippen LogP contribution is 2.25. The standard InChI is InChI=1S/C17H21BrN2O/c1-20(12-9-14-6-4-5-11-19-14)13-10-17(21)15-7-2-3-8-16(15)18/h2-8,11,17,21H,9-10,12-13H2,1H3. The Kier molecular flexibility index (Phi) is 6.36. The van der Waals surface area contributed by atoms with Crippen molar-refractivity contribution in [3.8, 4) is 0 Å². The van der Waals surface area contributed by atoms with E-state index in [-0.39, 0.29) is 0 Å². The van der Waals surface area contributed by atoms with Gasteiger partial charge in [-0.05, 0) is 37.2 Å². The minimum atomic E-state index is -0.433. The first-order valence-corrected chi connectivity index (χ1v) is 7.97. The van der Waals surface area contributed by atoms with Crippen molar-refractivity contribution in [1.29, 1.82) is 0 Å². The van der Waals surface area contributed by atoms with Crippen molar-refractivity contribution in [2.75, 3.05) is 20.1 Å². The Morgan fingerprint density at radius 3 is 2.62 bits per heavy atom. The van der Waals surface area contributed by atoms with Crippen LogP contribution in [-0.2, 0) is 6.42 Å². The van der Waals surface area contributed by atoms with Gasteiger partial charge in [0.05, 0.1) is 6.10 Å². The van der Waals surface area contributed by atoms with Crippen LogP contribution in [0.15, 0.2) is 53.1 Å². The molecule has 1 unspecified atom stereocenters. The molecule has 0 aliphatic heterocycles. The lowest BCUT2D eigenvalue weighted by Gasteiger charge is -2.19. The molecule has 1 aromatic heterocycles. The molecule has 2 rings (SSSR count). The van der Waals surface area contributed by atoms with Gasteiger partial charge in [0.25, 0.3) is 0 Å². The second kappa shape index (κ2) is 8.27. The lowest BCUT2D eigenvalue weighted by molar-refractivity contribution is 0.148. The van der Waals surface area contributed by atoms with Gasteiger partial charge in [-0.15, -0.1) is 0 Å². The van der Waals surface area contributed by atoms with Gasteiger partial charge < -0.3 is 10.0 Å². The van der Waals surface area contributed by atoms with Crippen LogP contribution in [0.5, 0.6) is 0 Å². The third-order valence-electron chi connectivity index (χ3n) is 3.52. The number of aromatic nitrogens is 1. The van der Waals surface area contributed by atoms with Crippen LogP contribution in [0.1, 0.15) is 23.8 Å². The van der Waals surface area contributed by atoms with Gasteiger partial charge in [-0.25, -0.2) is 0 Å². The Hall–Kier alpha value is -1.23. The minimum absolute atomic E-state index is 0.433. The highest BCUT2D eigenvalue weighted by Gasteiger charge is 2.11. The number of hydrogen-bond donors (Lipinski definition) is 1. The normalized spacial score (nSPS) is 12.6. The lowest BCUT2D eigenvalue weighted by Crippen LogP contribution is -2.24. The number of aliphatic hydroxyl groups excluding tert-OH is 1. The van der Waals surface area contributed by atoms with Gasteiger partial charge in [-0.2, -0.15) is 0 Å². The molecule has 0 aliphatic carbocycles. The van der Waals surface area contributed by atoms with Crippen LogP contribution in [-0.4, -0.2) is 35.1 Å². The van der Waals surface area contributed by atoms with Gasteiger partial charge in [-0.3, -0.25) is 4.98 Å². The quantitative estimate of drug-likeness (QED) is 0.832. The Balaban J connectivity index is 1.76. The molecule has 0 radical (unpaired) electrons. The number of nitrogens with zero attached hydrogens (tertiary/aromatic N) is 2. The third kappa shape index (κ3) is 5.23. The smallest absolute Gasteiger partial charge is 0.0813 e. The highest BCUT2D eigenvalue weighted by molar-refractivity contribution is 9.10. The Labute approximate surface area is 134 Å². The van der Waals surface area contributed by atoms with Gasteiger partial charge in [-0.1, -0.05) is 40.2 Å². The maximum Gasteiger partial charge on any atom is 0.0813 e. The zero-order valence-electron chi connectivity index (χ0n) is 12.2. The van der Waals surface area contributed by atoms with Crippen LogP contribution in [0.3, 0.4) is 0 Å². The van der Waals surface area contributed by atoms with Crippen LogP contribution in [0.25, 0.3) is 0 Å². The number of benzene rings is 1. The van der Waals surface area contributed by atoms with Gasteiger partial charge in [0, 0.05) is 35.9 Å². The number of pyridine rings is 1. The molecule has 3 nitrogen and oxygen atoms in total. The number of aliphatic hydroxyl groups is 1. The molecule has 21 heavy (non-hydrogen) atoms. The summed E-state index contributed by atoms with van der Waals surface area (Å²) in [5.41, 5.74) is 2.06. The SMILES string of the molecule is CN(CCc1ccccn1)CCC(O)c1ccccc1Br. The predicted octanol–water partition coefficient (Wildman–Crippen LogP) is 3.44. The minimum Gasteiger partial charge on any atom is -0.388 e. The van der Waals surface area contributed by atoms with Crippen molar-refractivity contribution in [3.05, 3.63) is 64.4 Å². The van der Waals surface area contributed by atoms with Gasteiger partial charge in [0.2, 0.25) is 0 Å². The molecule has 0 bridgehead atoms. The van der Waals surface area contributed by atoms with E-state index in [1.807, 2.05) is 48.7 Å². The molecule has 1 atom stereocenters. The fraction of sp³-hybridized carbons (Fsp3) is 0.353. The first-order valence-electron chi connectivity index (χ1n) is 7.18. The zero-order chi connectivity index (χ0) is 15.1. The van der Waals surface area contributed by atoms with Crippen LogP contribution in [0.4, 0.5) is 0 Å². The van der Waals surface area contributed by atoms with Crippen molar-refractivity contribution < 1.29 is 5.11 Å². The van der Waals surface area contributed by atoms with Gasteiger partial charge in [0.1, 0.15) is 0 Å². The highest BCUT2D eigenvalue weighted by atomic mass is 79.9. The topological polar surface area (TPSA) is 36.4 Å². The van der Waals surface area contributed by atoms with Crippen molar-refractivity contribution in [2.45, 2.75) is 18.9 Å². The van der Waals surface area contributed by atoms with E-state index in [4.69, 9.17) is 0 Å². The summed E-state index contributed by atoms with van der Waals surface area (Å²) in [4.78, 5) is 6.55. The Morgan fingerprint density at radius 1 is 1.14 bits per heavy atom. The molecule has 0 fully saturated rings. The first-order chi connectivity index (χ1) is 10.2. The average Bonchev–Trinajstić information content (AvgIpc) is 2.52. The van der Waals surface area contributed by atoms with E-state index in [0.717, 1.165) is 41.7 Å². The molecule has 1 aromatic carbocycles. The Bertz CT molecular complexity index is 547. The Morgan fingerprint density at radius 2 is 1.90 bits per heavy atom. The summed E-state index contributed by atoms with van der Waals surface area (Å²) < 4.78 is 0.966. The monoisotopic (exact) mass is 348 g/mol. The van der Waals surface area contributed by atoms with Crippen LogP contribution < -0.4 is 0 Å². The van der Waals surface area contributed by atoms with E-state index in [0.29, 0.717) is 0 Å². The summed E-state index contributed by atoms with van der Waals surface area (Å²) in [6.45, 7) is 1.80. The summed E-state index contributed by atoms with van der Waals surface area (Å²) in [6, 6.07) is 13.8. The molecule has 0 amide bonds. The summed E-state index contributed by atoms with van der Waals surface area (Å²) in [7, 11) is 2.08. The van der Waals surface area contributed by atoms with E-state index in [2.05, 4.69) is 32.9 Å². The molecule has 112 valence electrons. The van der Waals surface area contributed by atoms with Gasteiger partial charge in [0.15, 0.2) is 0 Å². The maximum absolute atomic E-state index is 10.3. The lowest BCUT2D eigenvalue weighted by atomic mass is 10.1. The summed E-state index contributed by atoms with van der Waals surface area (Å²) in [5, 5.41) is 10.3. The third-order valence-corrected chi connectivity index (χ3v) is 4.25. The summed E-state index contributed by atoms with van der Waals surface area (Å²) in [5.74, 6) is 0. The van der Waals surface area contributed by atoms with Crippen LogP contribution in [0, 0.1) is 0 Å². The van der Waals surface area contributed by atoms with Crippen LogP contribution >= 0.6 is 15.9 Å². The molecule has 1 N–H and O–H groups in total. The van der Waals surface area contributed by atoms with Crippen LogP contribution in [0.2, 0.25) is 0 Å². The number of rotatable bonds is 7. The molecule has 0 aliphatic rings. The number of hydrogen-bond acceptors (Lipinski definition) is 3. The van der Waals surface area contributed by atoms with E-state index in [1.165, 1.54) is 0 Å². The molecule has 0 saturated carbocycles. The van der Waals surface area contributed by atoms with E-state index < -0.39 is 6.10 Å². The molecular formula is C17H21BrN2O. The van der Waals surface area contributed by atoms with E-state index in [9.17, 15) is 5.11 Å². The second-order valence-electron chi connectivity index (χ2n) is 5.20. The van der Waals surface area contributed by atoms with Crippen molar-refractivity contribution in [3.63, 3.8) is 0 Å². The number of halogens is 1. The fourth-order valence-electron chi connectivity index (χ4n) is 2.21. The maximum atomic E-state index is 10.3. The summed E-state index contributed by atoms with van der Waals surface area (Å²) >= 11 is 3.48. The second-order valence-corrected chi connectivity index (χ2v) is 6.05. The molecule has 1 heterocycles. The zero-order valence-corrected chi connectivity index (χ0v) is 13.8. The first kappa shape index (κ1) is 16.1. The summed E-state index contributed by atoms with van der Waals surface area (Å²) in [6.07, 6.45) is 3.05. The largest absolute Gasteiger partial charge is 0.388 e. The van der Waals surface area contributed by atoms with E-state index in [1.54, 1.807) is 0 Å².